The molecular formula is C18H26IN5. The molecule has 24 heavy (non-hydrogen) atoms. The van der Waals surface area contributed by atoms with Crippen molar-refractivity contribution in [3.8, 4) is 0 Å². The Bertz CT molecular complexity index is 634. The number of aliphatic imine (C=N–C) groups is 1. The molecule has 1 heterocycles. The first-order valence-electron chi connectivity index (χ1n) is 8.41. The Morgan fingerprint density at radius 2 is 2.00 bits per heavy atom. The minimum atomic E-state index is 0. The Labute approximate surface area is 161 Å². The van der Waals surface area contributed by atoms with Crippen LogP contribution in [0.4, 0.5) is 0 Å². The van der Waals surface area contributed by atoms with Crippen molar-refractivity contribution >= 4 is 29.9 Å². The van der Waals surface area contributed by atoms with Crippen molar-refractivity contribution in [3.63, 3.8) is 0 Å². The van der Waals surface area contributed by atoms with Gasteiger partial charge in [0.05, 0.1) is 19.3 Å². The molecule has 1 saturated carbocycles. The SMILES string of the molecule is CCNC(=NCc1cnn(Cc2ccccc2)c1)NCC1CC1.I. The van der Waals surface area contributed by atoms with Crippen LogP contribution in [0, 0.1) is 5.92 Å². The number of benzene rings is 1. The first-order valence-corrected chi connectivity index (χ1v) is 8.41. The molecule has 0 aliphatic heterocycles. The number of hydrogen-bond acceptors (Lipinski definition) is 2. The molecule has 130 valence electrons. The summed E-state index contributed by atoms with van der Waals surface area (Å²) in [6.45, 7) is 5.44. The molecule has 0 spiro atoms. The van der Waals surface area contributed by atoms with Crippen molar-refractivity contribution in [3.05, 3.63) is 53.9 Å². The zero-order chi connectivity index (χ0) is 15.9. The zero-order valence-electron chi connectivity index (χ0n) is 14.1. The van der Waals surface area contributed by atoms with E-state index in [4.69, 9.17) is 0 Å². The number of hydrogen-bond donors (Lipinski definition) is 2. The Balaban J connectivity index is 0.00000208. The normalized spacial score (nSPS) is 14.1. The summed E-state index contributed by atoms with van der Waals surface area (Å²) in [6.07, 6.45) is 6.66. The molecule has 0 atom stereocenters. The summed E-state index contributed by atoms with van der Waals surface area (Å²) in [5, 5.41) is 11.1. The standard InChI is InChI=1S/C18H25N5.HI/c1-2-19-18(20-10-15-8-9-15)21-11-17-12-22-23(14-17)13-16-6-4-3-5-7-16;/h3-7,12,14-15H,2,8-11,13H2,1H3,(H2,19,20,21);1H. The van der Waals surface area contributed by atoms with Gasteiger partial charge in [-0.25, -0.2) is 4.99 Å². The van der Waals surface area contributed by atoms with Crippen LogP contribution in [0.2, 0.25) is 0 Å². The Morgan fingerprint density at radius 1 is 1.21 bits per heavy atom. The zero-order valence-corrected chi connectivity index (χ0v) is 16.4. The molecule has 1 aromatic carbocycles. The van der Waals surface area contributed by atoms with Gasteiger partial charge in [-0.05, 0) is 31.2 Å². The third-order valence-corrected chi connectivity index (χ3v) is 3.89. The molecule has 6 heteroatoms. The highest BCUT2D eigenvalue weighted by Crippen LogP contribution is 2.27. The third-order valence-electron chi connectivity index (χ3n) is 3.89. The van der Waals surface area contributed by atoms with E-state index in [1.165, 1.54) is 18.4 Å². The summed E-state index contributed by atoms with van der Waals surface area (Å²) < 4.78 is 1.96. The van der Waals surface area contributed by atoms with E-state index < -0.39 is 0 Å². The Kier molecular flexibility index (Phi) is 7.55. The first kappa shape index (κ1) is 18.8. The lowest BCUT2D eigenvalue weighted by molar-refractivity contribution is 0.686. The van der Waals surface area contributed by atoms with Crippen LogP contribution in [-0.4, -0.2) is 28.8 Å². The maximum Gasteiger partial charge on any atom is 0.191 e. The molecule has 2 N–H and O–H groups in total. The van der Waals surface area contributed by atoms with Crippen LogP contribution in [0.15, 0.2) is 47.7 Å². The molecule has 1 fully saturated rings. The minimum absolute atomic E-state index is 0. The summed E-state index contributed by atoms with van der Waals surface area (Å²) in [5.41, 5.74) is 2.38. The fourth-order valence-electron chi connectivity index (χ4n) is 2.42. The van der Waals surface area contributed by atoms with Crippen LogP contribution in [0.3, 0.4) is 0 Å². The van der Waals surface area contributed by atoms with Gasteiger partial charge in [0, 0.05) is 24.8 Å². The fraction of sp³-hybridized carbons (Fsp3) is 0.444. The van der Waals surface area contributed by atoms with Gasteiger partial charge in [-0.1, -0.05) is 30.3 Å². The van der Waals surface area contributed by atoms with Gasteiger partial charge in [0.2, 0.25) is 0 Å². The van der Waals surface area contributed by atoms with E-state index in [1.807, 2.05) is 16.9 Å². The lowest BCUT2D eigenvalue weighted by Crippen LogP contribution is -2.38. The van der Waals surface area contributed by atoms with E-state index in [2.05, 4.69) is 58.1 Å². The highest BCUT2D eigenvalue weighted by molar-refractivity contribution is 14.0. The summed E-state index contributed by atoms with van der Waals surface area (Å²) >= 11 is 0. The van der Waals surface area contributed by atoms with Crippen molar-refractivity contribution in [1.29, 1.82) is 0 Å². The van der Waals surface area contributed by atoms with E-state index in [0.29, 0.717) is 6.54 Å². The molecule has 1 aromatic heterocycles. The number of nitrogens with zero attached hydrogens (tertiary/aromatic N) is 3. The molecule has 0 radical (unpaired) electrons. The third kappa shape index (κ3) is 6.14. The quantitative estimate of drug-likeness (QED) is 0.396. The van der Waals surface area contributed by atoms with Crippen LogP contribution in [0.25, 0.3) is 0 Å². The second kappa shape index (κ2) is 9.66. The maximum absolute atomic E-state index is 4.64. The first-order chi connectivity index (χ1) is 11.3. The topological polar surface area (TPSA) is 54.2 Å². The average Bonchev–Trinajstić information content (AvgIpc) is 3.30. The maximum atomic E-state index is 4.64. The number of nitrogens with one attached hydrogen (secondary N) is 2. The highest BCUT2D eigenvalue weighted by atomic mass is 127. The van der Waals surface area contributed by atoms with Gasteiger partial charge < -0.3 is 10.6 Å². The van der Waals surface area contributed by atoms with Gasteiger partial charge in [0.1, 0.15) is 0 Å². The van der Waals surface area contributed by atoms with Gasteiger partial charge in [-0.15, -0.1) is 24.0 Å². The lowest BCUT2D eigenvalue weighted by atomic mass is 10.2. The monoisotopic (exact) mass is 439 g/mol. The van der Waals surface area contributed by atoms with E-state index in [9.17, 15) is 0 Å². The molecule has 0 bridgehead atoms. The van der Waals surface area contributed by atoms with Gasteiger partial charge >= 0.3 is 0 Å². The van der Waals surface area contributed by atoms with Crippen molar-refractivity contribution in [2.45, 2.75) is 32.9 Å². The molecule has 5 nitrogen and oxygen atoms in total. The van der Waals surface area contributed by atoms with Crippen molar-refractivity contribution < 1.29 is 0 Å². The van der Waals surface area contributed by atoms with Crippen molar-refractivity contribution in [2.24, 2.45) is 10.9 Å². The highest BCUT2D eigenvalue weighted by Gasteiger charge is 2.20. The molecule has 0 saturated heterocycles. The molecular weight excluding hydrogens is 413 g/mol. The molecule has 1 aliphatic rings. The van der Waals surface area contributed by atoms with E-state index in [0.717, 1.165) is 37.1 Å². The fourth-order valence-corrected chi connectivity index (χ4v) is 2.42. The molecule has 0 amide bonds. The van der Waals surface area contributed by atoms with E-state index in [1.54, 1.807) is 0 Å². The summed E-state index contributed by atoms with van der Waals surface area (Å²) in [4.78, 5) is 4.64. The number of guanidine groups is 1. The second-order valence-corrected chi connectivity index (χ2v) is 6.05. The number of aromatic nitrogens is 2. The largest absolute Gasteiger partial charge is 0.357 e. The molecule has 1 aliphatic carbocycles. The van der Waals surface area contributed by atoms with Crippen LogP contribution in [-0.2, 0) is 13.1 Å². The van der Waals surface area contributed by atoms with E-state index >= 15 is 0 Å². The summed E-state index contributed by atoms with van der Waals surface area (Å²) in [6, 6.07) is 10.4. The summed E-state index contributed by atoms with van der Waals surface area (Å²) in [5.74, 6) is 1.74. The average molecular weight is 439 g/mol. The van der Waals surface area contributed by atoms with Gasteiger partial charge in [-0.3, -0.25) is 4.68 Å². The Morgan fingerprint density at radius 3 is 2.71 bits per heavy atom. The van der Waals surface area contributed by atoms with Crippen molar-refractivity contribution in [2.75, 3.05) is 13.1 Å². The van der Waals surface area contributed by atoms with E-state index in [-0.39, 0.29) is 24.0 Å². The van der Waals surface area contributed by atoms with Crippen molar-refractivity contribution in [1.82, 2.24) is 20.4 Å². The predicted octanol–water partition coefficient (Wildman–Crippen LogP) is 3.01. The summed E-state index contributed by atoms with van der Waals surface area (Å²) in [7, 11) is 0. The second-order valence-electron chi connectivity index (χ2n) is 6.05. The smallest absolute Gasteiger partial charge is 0.191 e. The Hall–Kier alpha value is -1.57. The van der Waals surface area contributed by atoms with Gasteiger partial charge in [0.25, 0.3) is 0 Å². The predicted molar refractivity (Wildman–Crippen MR) is 109 cm³/mol. The number of halogens is 1. The molecule has 3 rings (SSSR count). The molecule has 2 aromatic rings. The van der Waals surface area contributed by atoms with Crippen LogP contribution in [0.5, 0.6) is 0 Å². The molecule has 0 unspecified atom stereocenters. The van der Waals surface area contributed by atoms with Crippen LogP contribution in [0.1, 0.15) is 30.9 Å². The minimum Gasteiger partial charge on any atom is -0.357 e. The van der Waals surface area contributed by atoms with Gasteiger partial charge in [0.15, 0.2) is 5.96 Å². The lowest BCUT2D eigenvalue weighted by Gasteiger charge is -2.10. The van der Waals surface area contributed by atoms with Crippen LogP contribution >= 0.6 is 24.0 Å². The van der Waals surface area contributed by atoms with Crippen LogP contribution < -0.4 is 10.6 Å². The van der Waals surface area contributed by atoms with Gasteiger partial charge in [-0.2, -0.15) is 5.10 Å². The number of rotatable bonds is 7.